The van der Waals surface area contributed by atoms with E-state index in [1.807, 2.05) is 36.4 Å². The molecule has 126 valence electrons. The second kappa shape index (κ2) is 6.52. The summed E-state index contributed by atoms with van der Waals surface area (Å²) >= 11 is 0.932. The summed E-state index contributed by atoms with van der Waals surface area (Å²) in [6.07, 6.45) is 1.69. The van der Waals surface area contributed by atoms with Gasteiger partial charge in [-0.3, -0.25) is 14.5 Å². The summed E-state index contributed by atoms with van der Waals surface area (Å²) in [6.45, 7) is 0.327. The summed E-state index contributed by atoms with van der Waals surface area (Å²) in [5.74, 6) is 1.01. The van der Waals surface area contributed by atoms with Crippen molar-refractivity contribution in [2.24, 2.45) is 0 Å². The Kier molecular flexibility index (Phi) is 4.07. The molecular weight excluding hydrogens is 340 g/mol. The molecule has 0 aromatic heterocycles. The van der Waals surface area contributed by atoms with E-state index in [9.17, 15) is 9.59 Å². The molecular formula is C18H14N2O4S. The molecule has 1 N–H and O–H groups in total. The van der Waals surface area contributed by atoms with Gasteiger partial charge in [-0.25, -0.2) is 0 Å². The fourth-order valence-electron chi connectivity index (χ4n) is 2.52. The minimum Gasteiger partial charge on any atom is -0.454 e. The Morgan fingerprint density at radius 3 is 2.72 bits per heavy atom. The monoisotopic (exact) mass is 354 g/mol. The first kappa shape index (κ1) is 15.6. The highest BCUT2D eigenvalue weighted by molar-refractivity contribution is 8.18. The molecule has 2 aromatic rings. The second-order valence-corrected chi connectivity index (χ2v) is 6.42. The van der Waals surface area contributed by atoms with Gasteiger partial charge in [-0.15, -0.1) is 0 Å². The average molecular weight is 354 g/mol. The van der Waals surface area contributed by atoms with Gasteiger partial charge in [-0.1, -0.05) is 24.3 Å². The Hall–Kier alpha value is -2.93. The highest BCUT2D eigenvalue weighted by atomic mass is 32.2. The van der Waals surface area contributed by atoms with Crippen LogP contribution in [0.1, 0.15) is 5.56 Å². The molecule has 1 saturated heterocycles. The molecule has 25 heavy (non-hydrogen) atoms. The Labute approximate surface area is 148 Å². The van der Waals surface area contributed by atoms with E-state index in [0.29, 0.717) is 16.4 Å². The molecule has 0 atom stereocenters. The zero-order valence-corrected chi connectivity index (χ0v) is 13.9. The molecule has 0 radical (unpaired) electrons. The predicted octanol–water partition coefficient (Wildman–Crippen LogP) is 3.52. The van der Waals surface area contributed by atoms with Crippen molar-refractivity contribution in [1.82, 2.24) is 4.90 Å². The molecule has 7 heteroatoms. The molecule has 6 nitrogen and oxygen atoms in total. The zero-order chi connectivity index (χ0) is 17.2. The molecule has 1 fully saturated rings. The van der Waals surface area contributed by atoms with E-state index in [4.69, 9.17) is 9.47 Å². The zero-order valence-electron chi connectivity index (χ0n) is 13.1. The Bertz CT molecular complexity index is 867. The molecule has 2 heterocycles. The predicted molar refractivity (Wildman–Crippen MR) is 95.3 cm³/mol. The first-order chi connectivity index (χ1) is 12.2. The van der Waals surface area contributed by atoms with Crippen LogP contribution in [-0.4, -0.2) is 29.5 Å². The largest absolute Gasteiger partial charge is 0.454 e. The molecule has 2 aliphatic heterocycles. The Morgan fingerprint density at radius 2 is 1.88 bits per heavy atom. The van der Waals surface area contributed by atoms with Gasteiger partial charge >= 0.3 is 0 Å². The van der Waals surface area contributed by atoms with Crippen molar-refractivity contribution in [2.45, 2.75) is 0 Å². The van der Waals surface area contributed by atoms with Crippen LogP contribution in [-0.2, 0) is 4.79 Å². The van der Waals surface area contributed by atoms with Crippen LogP contribution in [0.3, 0.4) is 0 Å². The van der Waals surface area contributed by atoms with Crippen LogP contribution in [0.25, 0.3) is 6.08 Å². The van der Waals surface area contributed by atoms with Crippen molar-refractivity contribution in [3.05, 3.63) is 59.0 Å². The highest BCUT2D eigenvalue weighted by Crippen LogP contribution is 2.36. The first-order valence-electron chi connectivity index (χ1n) is 7.65. The first-order valence-corrected chi connectivity index (χ1v) is 8.46. The van der Waals surface area contributed by atoms with Gasteiger partial charge in [-0.2, -0.15) is 0 Å². The van der Waals surface area contributed by atoms with E-state index in [2.05, 4.69) is 5.32 Å². The quantitative estimate of drug-likeness (QED) is 0.848. The summed E-state index contributed by atoms with van der Waals surface area (Å²) < 4.78 is 10.6. The summed E-state index contributed by atoms with van der Waals surface area (Å²) in [7, 11) is 0. The van der Waals surface area contributed by atoms with Crippen LogP contribution in [0.4, 0.5) is 10.5 Å². The van der Waals surface area contributed by atoms with E-state index in [-0.39, 0.29) is 24.6 Å². The van der Waals surface area contributed by atoms with Crippen molar-refractivity contribution < 1.29 is 19.1 Å². The molecule has 4 rings (SSSR count). The fraction of sp³-hybridized carbons (Fsp3) is 0.111. The molecule has 0 unspecified atom stereocenters. The average Bonchev–Trinajstić information content (AvgIpc) is 3.19. The number of nitrogens with zero attached hydrogens (tertiary/aromatic N) is 1. The summed E-state index contributed by atoms with van der Waals surface area (Å²) in [6, 6.07) is 14.8. The van der Waals surface area contributed by atoms with Gasteiger partial charge in [-0.05, 0) is 47.7 Å². The number of anilines is 1. The minimum atomic E-state index is -0.309. The van der Waals surface area contributed by atoms with Crippen LogP contribution in [0.15, 0.2) is 53.4 Å². The third-order valence-corrected chi connectivity index (χ3v) is 4.69. The van der Waals surface area contributed by atoms with Gasteiger partial charge in [0.05, 0.1) is 11.6 Å². The number of nitrogens with one attached hydrogen (secondary N) is 1. The lowest BCUT2D eigenvalue weighted by Gasteiger charge is -2.14. The lowest BCUT2D eigenvalue weighted by atomic mass is 10.2. The lowest BCUT2D eigenvalue weighted by Crippen LogP contribution is -2.33. The number of hydrogen-bond acceptors (Lipinski definition) is 6. The third-order valence-electron chi connectivity index (χ3n) is 3.78. The van der Waals surface area contributed by atoms with Crippen LogP contribution in [0, 0.1) is 0 Å². The molecule has 0 bridgehead atoms. The van der Waals surface area contributed by atoms with E-state index in [0.717, 1.165) is 23.0 Å². The maximum Gasteiger partial charge on any atom is 0.295 e. The van der Waals surface area contributed by atoms with Crippen LogP contribution in [0.2, 0.25) is 0 Å². The second-order valence-electron chi connectivity index (χ2n) is 5.42. The van der Waals surface area contributed by atoms with E-state index in [1.165, 1.54) is 4.90 Å². The number of amides is 2. The van der Waals surface area contributed by atoms with Crippen molar-refractivity contribution >= 4 is 34.7 Å². The molecule has 0 aliphatic carbocycles. The van der Waals surface area contributed by atoms with Gasteiger partial charge in [0.15, 0.2) is 11.5 Å². The number of benzene rings is 2. The Morgan fingerprint density at radius 1 is 1.08 bits per heavy atom. The van der Waals surface area contributed by atoms with Crippen molar-refractivity contribution in [2.75, 3.05) is 18.8 Å². The minimum absolute atomic E-state index is 0.132. The molecule has 2 aromatic carbocycles. The number of ether oxygens (including phenoxy) is 2. The van der Waals surface area contributed by atoms with Crippen molar-refractivity contribution in [3.63, 3.8) is 0 Å². The van der Waals surface area contributed by atoms with Gasteiger partial charge < -0.3 is 14.8 Å². The number of fused-ring (bicyclic) bond motifs is 1. The molecule has 2 aliphatic rings. The number of para-hydroxylation sites is 1. The van der Waals surface area contributed by atoms with Gasteiger partial charge in [0.25, 0.3) is 11.1 Å². The number of hydrogen-bond donors (Lipinski definition) is 1. The van der Waals surface area contributed by atoms with E-state index < -0.39 is 0 Å². The smallest absolute Gasteiger partial charge is 0.295 e. The van der Waals surface area contributed by atoms with Gasteiger partial charge in [0.2, 0.25) is 6.79 Å². The maximum absolute atomic E-state index is 12.5. The number of carbonyl (C=O) groups is 2. The third kappa shape index (κ3) is 3.18. The normalized spacial score (nSPS) is 17.4. The topological polar surface area (TPSA) is 67.9 Å². The molecule has 2 amide bonds. The van der Waals surface area contributed by atoms with Crippen LogP contribution in [0.5, 0.6) is 11.5 Å². The molecule has 0 spiro atoms. The number of rotatable bonds is 4. The van der Waals surface area contributed by atoms with E-state index in [1.54, 1.807) is 18.2 Å². The highest BCUT2D eigenvalue weighted by Gasteiger charge is 2.34. The number of imide groups is 1. The van der Waals surface area contributed by atoms with E-state index >= 15 is 0 Å². The summed E-state index contributed by atoms with van der Waals surface area (Å²) in [5, 5.41) is 2.78. The Balaban J connectivity index is 1.49. The standard InChI is InChI=1S/C18H14N2O4S/c21-17-16(9-12-6-7-14-15(8-12)24-11-23-14)25-18(22)20(17)10-19-13-4-2-1-3-5-13/h1-9,19H,10-11H2/b16-9-. The van der Waals surface area contributed by atoms with Crippen LogP contribution < -0.4 is 14.8 Å². The van der Waals surface area contributed by atoms with Gasteiger partial charge in [0.1, 0.15) is 0 Å². The maximum atomic E-state index is 12.5. The van der Waals surface area contributed by atoms with Crippen LogP contribution >= 0.6 is 11.8 Å². The summed E-state index contributed by atoms with van der Waals surface area (Å²) in [4.78, 5) is 26.2. The van der Waals surface area contributed by atoms with Gasteiger partial charge in [0, 0.05) is 5.69 Å². The molecule has 0 saturated carbocycles. The number of thioether (sulfide) groups is 1. The van der Waals surface area contributed by atoms with Crippen molar-refractivity contribution in [3.8, 4) is 11.5 Å². The lowest BCUT2D eigenvalue weighted by molar-refractivity contribution is -0.122. The fourth-order valence-corrected chi connectivity index (χ4v) is 3.36. The summed E-state index contributed by atoms with van der Waals surface area (Å²) in [5.41, 5.74) is 1.63. The number of carbonyl (C=O) groups excluding carboxylic acids is 2. The van der Waals surface area contributed by atoms with Crippen molar-refractivity contribution in [1.29, 1.82) is 0 Å². The SMILES string of the molecule is O=C1S/C(=C\c2ccc3c(c2)OCO3)C(=O)N1CNc1ccccc1.